The Hall–Kier alpha value is -3.16. The standard InChI is InChI=1S/C22H17ClN2O5/c1-24-15-6-3-2-5-14(15)22(21(24)29)17-18(27)13-11-12(23)7-8-16(13)30-19(17)20(28)25(22)9-4-10-26/h2-3,5-8,11,26H,4,9-10H2,1H3. The summed E-state index contributed by atoms with van der Waals surface area (Å²) in [7, 11) is 1.61. The molecule has 7 nitrogen and oxygen atoms in total. The molecule has 0 bridgehead atoms. The summed E-state index contributed by atoms with van der Waals surface area (Å²) in [5.41, 5.74) is -0.722. The molecule has 3 heterocycles. The Labute approximate surface area is 176 Å². The van der Waals surface area contributed by atoms with E-state index in [1.54, 1.807) is 37.4 Å². The van der Waals surface area contributed by atoms with Crippen molar-refractivity contribution in [1.82, 2.24) is 4.90 Å². The predicted octanol–water partition coefficient (Wildman–Crippen LogP) is 2.50. The first-order valence-electron chi connectivity index (χ1n) is 9.50. The molecule has 2 aromatic carbocycles. The molecule has 2 aliphatic rings. The molecule has 0 radical (unpaired) electrons. The number of rotatable bonds is 3. The van der Waals surface area contributed by atoms with E-state index in [2.05, 4.69) is 0 Å². The van der Waals surface area contributed by atoms with Crippen molar-refractivity contribution in [3.8, 4) is 0 Å². The van der Waals surface area contributed by atoms with E-state index in [0.717, 1.165) is 0 Å². The third-order valence-corrected chi connectivity index (χ3v) is 6.10. The molecule has 30 heavy (non-hydrogen) atoms. The smallest absolute Gasteiger partial charge is 0.291 e. The van der Waals surface area contributed by atoms with Crippen molar-refractivity contribution in [2.75, 3.05) is 25.1 Å². The van der Waals surface area contributed by atoms with Crippen LogP contribution in [0.1, 0.15) is 28.1 Å². The summed E-state index contributed by atoms with van der Waals surface area (Å²) in [5.74, 6) is -1.11. The molecule has 152 valence electrons. The zero-order valence-electron chi connectivity index (χ0n) is 16.0. The number of nitrogens with zero attached hydrogens (tertiary/aromatic N) is 2. The number of aliphatic hydroxyl groups is 1. The van der Waals surface area contributed by atoms with Gasteiger partial charge in [-0.2, -0.15) is 0 Å². The average molecular weight is 425 g/mol. The van der Waals surface area contributed by atoms with Crippen LogP contribution in [0, 0.1) is 0 Å². The summed E-state index contributed by atoms with van der Waals surface area (Å²) >= 11 is 6.09. The maximum atomic E-state index is 13.7. The topological polar surface area (TPSA) is 91.1 Å². The van der Waals surface area contributed by atoms with Crippen LogP contribution >= 0.6 is 11.6 Å². The minimum Gasteiger partial charge on any atom is -0.450 e. The summed E-state index contributed by atoms with van der Waals surface area (Å²) in [4.78, 5) is 43.5. The van der Waals surface area contributed by atoms with Gasteiger partial charge in [0, 0.05) is 36.5 Å². The minimum atomic E-state index is -1.63. The second-order valence-electron chi connectivity index (χ2n) is 7.40. The van der Waals surface area contributed by atoms with Crippen LogP contribution in [-0.2, 0) is 10.3 Å². The van der Waals surface area contributed by atoms with E-state index in [1.165, 1.54) is 21.9 Å². The lowest BCUT2D eigenvalue weighted by Gasteiger charge is -2.33. The van der Waals surface area contributed by atoms with Gasteiger partial charge in [0.15, 0.2) is 11.0 Å². The fourth-order valence-electron chi connectivity index (χ4n) is 4.60. The van der Waals surface area contributed by atoms with E-state index >= 15 is 0 Å². The van der Waals surface area contributed by atoms with Gasteiger partial charge in [-0.15, -0.1) is 0 Å². The molecule has 3 aromatic rings. The summed E-state index contributed by atoms with van der Waals surface area (Å²) in [5, 5.41) is 9.93. The minimum absolute atomic E-state index is 0.00186. The van der Waals surface area contributed by atoms with E-state index < -0.39 is 22.8 Å². The number of likely N-dealkylation sites (N-methyl/N-ethyl adjacent to an activating group) is 1. The normalized spacial score (nSPS) is 19.8. The first-order valence-corrected chi connectivity index (χ1v) is 9.88. The number of carbonyl (C=O) groups is 2. The van der Waals surface area contributed by atoms with Crippen LogP contribution in [0.3, 0.4) is 0 Å². The van der Waals surface area contributed by atoms with Crippen LogP contribution in [0.15, 0.2) is 51.7 Å². The second kappa shape index (κ2) is 6.42. The lowest BCUT2D eigenvalue weighted by Crippen LogP contribution is -2.53. The zero-order chi connectivity index (χ0) is 21.2. The number of halogens is 1. The van der Waals surface area contributed by atoms with E-state index in [4.69, 9.17) is 16.0 Å². The third-order valence-electron chi connectivity index (χ3n) is 5.87. The highest BCUT2D eigenvalue weighted by atomic mass is 35.5. The van der Waals surface area contributed by atoms with Gasteiger partial charge < -0.3 is 19.3 Å². The Bertz CT molecular complexity index is 1300. The quantitative estimate of drug-likeness (QED) is 0.697. The number of amides is 2. The lowest BCUT2D eigenvalue weighted by atomic mass is 9.84. The molecule has 1 unspecified atom stereocenters. The van der Waals surface area contributed by atoms with Crippen molar-refractivity contribution in [2.45, 2.75) is 12.0 Å². The average Bonchev–Trinajstić information content (AvgIpc) is 3.12. The molecule has 2 amide bonds. The van der Waals surface area contributed by atoms with Crippen LogP contribution in [0.25, 0.3) is 11.0 Å². The maximum Gasteiger partial charge on any atom is 0.291 e. The third kappa shape index (κ3) is 2.16. The Balaban J connectivity index is 1.93. The highest BCUT2D eigenvalue weighted by molar-refractivity contribution is 6.31. The number of fused-ring (bicyclic) bond motifs is 5. The summed E-state index contributed by atoms with van der Waals surface area (Å²) in [6, 6.07) is 11.7. The summed E-state index contributed by atoms with van der Waals surface area (Å²) < 4.78 is 5.86. The molecule has 0 saturated heterocycles. The van der Waals surface area contributed by atoms with Gasteiger partial charge in [0.25, 0.3) is 11.8 Å². The van der Waals surface area contributed by atoms with Crippen LogP contribution in [-0.4, -0.2) is 42.0 Å². The van der Waals surface area contributed by atoms with Gasteiger partial charge >= 0.3 is 0 Å². The molecule has 1 aromatic heterocycles. The van der Waals surface area contributed by atoms with Gasteiger partial charge in [-0.3, -0.25) is 14.4 Å². The van der Waals surface area contributed by atoms with E-state index in [-0.39, 0.29) is 41.9 Å². The molecule has 8 heteroatoms. The Morgan fingerprint density at radius 3 is 2.67 bits per heavy atom. The van der Waals surface area contributed by atoms with Gasteiger partial charge in [-0.25, -0.2) is 0 Å². The molecule has 0 aliphatic carbocycles. The number of aliphatic hydroxyl groups excluding tert-OH is 1. The number of anilines is 1. The van der Waals surface area contributed by atoms with Crippen LogP contribution in [0.2, 0.25) is 5.02 Å². The number of hydrogen-bond acceptors (Lipinski definition) is 5. The van der Waals surface area contributed by atoms with Crippen molar-refractivity contribution >= 4 is 40.1 Å². The highest BCUT2D eigenvalue weighted by Crippen LogP contribution is 2.52. The molecule has 1 atom stereocenters. The molecule has 1 spiro atoms. The Morgan fingerprint density at radius 1 is 1.13 bits per heavy atom. The van der Waals surface area contributed by atoms with Gasteiger partial charge in [-0.05, 0) is 30.7 Å². The van der Waals surface area contributed by atoms with E-state index in [1.807, 2.05) is 0 Å². The van der Waals surface area contributed by atoms with Gasteiger partial charge in [-0.1, -0.05) is 29.8 Å². The first kappa shape index (κ1) is 18.8. The predicted molar refractivity (Wildman–Crippen MR) is 111 cm³/mol. The van der Waals surface area contributed by atoms with Crippen molar-refractivity contribution in [1.29, 1.82) is 0 Å². The molecule has 1 N–H and O–H groups in total. The summed E-state index contributed by atoms with van der Waals surface area (Å²) in [6.45, 7) is -0.0785. The molecular formula is C22H17ClN2O5. The fourth-order valence-corrected chi connectivity index (χ4v) is 4.77. The number of benzene rings is 2. The highest BCUT2D eigenvalue weighted by Gasteiger charge is 2.64. The molecule has 0 saturated carbocycles. The number of para-hydroxylation sites is 1. The van der Waals surface area contributed by atoms with Crippen LogP contribution in [0.4, 0.5) is 5.69 Å². The van der Waals surface area contributed by atoms with Gasteiger partial charge in [0.2, 0.25) is 5.76 Å². The first-order chi connectivity index (χ1) is 14.4. The molecule has 0 fully saturated rings. The molecule has 2 aliphatic heterocycles. The van der Waals surface area contributed by atoms with Crippen molar-refractivity contribution in [2.24, 2.45) is 0 Å². The van der Waals surface area contributed by atoms with Crippen molar-refractivity contribution < 1.29 is 19.1 Å². The van der Waals surface area contributed by atoms with Gasteiger partial charge in [0.1, 0.15) is 5.58 Å². The van der Waals surface area contributed by atoms with Crippen LogP contribution in [0.5, 0.6) is 0 Å². The zero-order valence-corrected chi connectivity index (χ0v) is 16.8. The van der Waals surface area contributed by atoms with E-state index in [9.17, 15) is 19.5 Å². The van der Waals surface area contributed by atoms with Crippen LogP contribution < -0.4 is 10.3 Å². The van der Waals surface area contributed by atoms with E-state index in [0.29, 0.717) is 16.3 Å². The Morgan fingerprint density at radius 2 is 1.90 bits per heavy atom. The van der Waals surface area contributed by atoms with Gasteiger partial charge in [0.05, 0.1) is 10.9 Å². The van der Waals surface area contributed by atoms with Crippen molar-refractivity contribution in [3.63, 3.8) is 0 Å². The monoisotopic (exact) mass is 424 g/mol. The maximum absolute atomic E-state index is 13.7. The van der Waals surface area contributed by atoms with Crippen molar-refractivity contribution in [3.05, 3.63) is 74.6 Å². The molecule has 5 rings (SSSR count). The number of hydrogen-bond donors (Lipinski definition) is 1. The fraction of sp³-hybridized carbons (Fsp3) is 0.227. The lowest BCUT2D eigenvalue weighted by molar-refractivity contribution is -0.125. The largest absolute Gasteiger partial charge is 0.450 e. The Kier molecular flexibility index (Phi) is 4.03. The summed E-state index contributed by atoms with van der Waals surface area (Å²) in [6.07, 6.45) is 0.250. The second-order valence-corrected chi connectivity index (χ2v) is 7.84. The number of carbonyl (C=O) groups excluding carboxylic acids is 2. The molecular weight excluding hydrogens is 408 g/mol. The SMILES string of the molecule is CN1C(=O)C2(c3ccccc31)c1c(oc3ccc(Cl)cc3c1=O)C(=O)N2CCCO.